The van der Waals surface area contributed by atoms with Crippen molar-refractivity contribution in [1.82, 2.24) is 14.5 Å². The van der Waals surface area contributed by atoms with Gasteiger partial charge in [0.05, 0.1) is 18.0 Å². The lowest BCUT2D eigenvalue weighted by Gasteiger charge is -2.04. The number of nitrogen functional groups attached to an aromatic ring is 1. The number of carboxylic acids is 1. The van der Waals surface area contributed by atoms with Gasteiger partial charge in [-0.2, -0.15) is 0 Å². The lowest BCUT2D eigenvalue weighted by molar-refractivity contribution is 0.0693. The number of oxazole rings is 1. The molecule has 152 valence electrons. The summed E-state index contributed by atoms with van der Waals surface area (Å²) in [4.78, 5) is 32.4. The van der Waals surface area contributed by atoms with Gasteiger partial charge >= 0.3 is 5.97 Å². The molecule has 4 N–H and O–H groups in total. The molecule has 29 heavy (non-hydrogen) atoms. The number of hydrogen-bond acceptors (Lipinski definition) is 7. The predicted molar refractivity (Wildman–Crippen MR) is 105 cm³/mol. The Morgan fingerprint density at radius 1 is 1.24 bits per heavy atom. The Kier molecular flexibility index (Phi) is 5.96. The van der Waals surface area contributed by atoms with E-state index in [1.54, 1.807) is 10.6 Å². The van der Waals surface area contributed by atoms with Gasteiger partial charge in [-0.25, -0.2) is 14.8 Å². The normalized spacial score (nSPS) is 10.9. The van der Waals surface area contributed by atoms with Crippen LogP contribution in [0.1, 0.15) is 52.7 Å². The first-order valence-electron chi connectivity index (χ1n) is 9.25. The highest BCUT2D eigenvalue weighted by molar-refractivity contribution is 6.08. The van der Waals surface area contributed by atoms with Crippen LogP contribution >= 0.6 is 0 Å². The zero-order valence-corrected chi connectivity index (χ0v) is 16.0. The third-order valence-corrected chi connectivity index (χ3v) is 4.51. The molecule has 0 aliphatic rings. The summed E-state index contributed by atoms with van der Waals surface area (Å²) in [6, 6.07) is 3.04. The SMILES string of the molecule is CCCCn1cc(C(=O)CCc2cnc(-c3ccc(O)cn3)o2)c(C(=O)O)c1N. The van der Waals surface area contributed by atoms with E-state index < -0.39 is 5.97 Å². The number of rotatable bonds is 9. The summed E-state index contributed by atoms with van der Waals surface area (Å²) in [7, 11) is 0. The fraction of sp³-hybridized carbons (Fsp3) is 0.300. The summed E-state index contributed by atoms with van der Waals surface area (Å²) in [6.07, 6.45) is 6.35. The number of ketones is 1. The second kappa shape index (κ2) is 8.59. The number of Topliss-reactive ketones (excluding diaryl/α,β-unsaturated/α-hetero) is 1. The molecule has 3 heterocycles. The summed E-state index contributed by atoms with van der Waals surface area (Å²) in [6.45, 7) is 2.57. The maximum atomic E-state index is 12.7. The van der Waals surface area contributed by atoms with Gasteiger partial charge in [-0.3, -0.25) is 4.79 Å². The Labute approximate surface area is 166 Å². The number of carboxylic acid groups (broad SMARTS) is 1. The molecule has 3 aromatic heterocycles. The van der Waals surface area contributed by atoms with Crippen molar-refractivity contribution >= 4 is 17.6 Å². The molecule has 9 nitrogen and oxygen atoms in total. The predicted octanol–water partition coefficient (Wildman–Crippen LogP) is 3.14. The largest absolute Gasteiger partial charge is 0.506 e. The summed E-state index contributed by atoms with van der Waals surface area (Å²) in [5, 5.41) is 18.8. The number of nitrogens with two attached hydrogens (primary N) is 1. The number of aryl methyl sites for hydroxylation is 2. The van der Waals surface area contributed by atoms with E-state index in [2.05, 4.69) is 9.97 Å². The molecule has 3 aromatic rings. The minimum Gasteiger partial charge on any atom is -0.506 e. The van der Waals surface area contributed by atoms with Crippen molar-refractivity contribution in [2.24, 2.45) is 0 Å². The molecule has 9 heteroatoms. The minimum absolute atomic E-state index is 0.0329. The zero-order chi connectivity index (χ0) is 21.0. The second-order valence-corrected chi connectivity index (χ2v) is 6.61. The summed E-state index contributed by atoms with van der Waals surface area (Å²) < 4.78 is 7.22. The molecule has 0 spiro atoms. The average molecular weight is 398 g/mol. The molecule has 0 bridgehead atoms. The molecule has 0 aliphatic heterocycles. The molecule has 0 radical (unpaired) electrons. The van der Waals surface area contributed by atoms with Gasteiger partial charge in [0, 0.05) is 25.6 Å². The second-order valence-electron chi connectivity index (χ2n) is 6.61. The van der Waals surface area contributed by atoms with Gasteiger partial charge in [0.1, 0.15) is 28.6 Å². The molecule has 0 amide bonds. The standard InChI is InChI=1S/C20H22N4O5/c1-2-3-8-24-11-14(17(18(24)21)20(27)28)16(26)7-5-13-10-23-19(29-13)15-6-4-12(25)9-22-15/h4,6,9-11,25H,2-3,5,7-8,21H2,1H3,(H,27,28). The number of hydrogen-bond donors (Lipinski definition) is 3. The Morgan fingerprint density at radius 3 is 2.69 bits per heavy atom. The van der Waals surface area contributed by atoms with Crippen LogP contribution in [-0.2, 0) is 13.0 Å². The maximum Gasteiger partial charge on any atom is 0.340 e. The Balaban J connectivity index is 1.72. The van der Waals surface area contributed by atoms with Crippen molar-refractivity contribution in [1.29, 1.82) is 0 Å². The van der Waals surface area contributed by atoms with Gasteiger partial charge in [0.2, 0.25) is 5.89 Å². The molecule has 0 unspecified atom stereocenters. The van der Waals surface area contributed by atoms with Crippen molar-refractivity contribution in [2.75, 3.05) is 5.73 Å². The molecular formula is C20H22N4O5. The summed E-state index contributed by atoms with van der Waals surface area (Å²) >= 11 is 0. The fourth-order valence-corrected chi connectivity index (χ4v) is 2.95. The third-order valence-electron chi connectivity index (χ3n) is 4.51. The van der Waals surface area contributed by atoms with Crippen LogP contribution in [0.15, 0.2) is 35.1 Å². The van der Waals surface area contributed by atoms with E-state index in [0.717, 1.165) is 12.8 Å². The van der Waals surface area contributed by atoms with E-state index in [1.807, 2.05) is 6.92 Å². The van der Waals surface area contributed by atoms with Crippen molar-refractivity contribution in [3.05, 3.63) is 47.6 Å². The number of carbonyl (C=O) groups is 2. The highest BCUT2D eigenvalue weighted by Gasteiger charge is 2.24. The van der Waals surface area contributed by atoms with Crippen LogP contribution in [0.4, 0.5) is 5.82 Å². The van der Waals surface area contributed by atoms with Crippen LogP contribution < -0.4 is 5.73 Å². The number of unbranched alkanes of at least 4 members (excludes halogenated alkanes) is 1. The van der Waals surface area contributed by atoms with Gasteiger partial charge in [0.25, 0.3) is 0 Å². The lowest BCUT2D eigenvalue weighted by Crippen LogP contribution is -2.09. The van der Waals surface area contributed by atoms with E-state index in [9.17, 15) is 19.8 Å². The van der Waals surface area contributed by atoms with Crippen molar-refractivity contribution in [3.63, 3.8) is 0 Å². The van der Waals surface area contributed by atoms with E-state index in [1.165, 1.54) is 24.7 Å². The van der Waals surface area contributed by atoms with Crippen LogP contribution in [0, 0.1) is 0 Å². The molecule has 0 fully saturated rings. The monoisotopic (exact) mass is 398 g/mol. The minimum atomic E-state index is -1.22. The van der Waals surface area contributed by atoms with Crippen molar-refractivity contribution in [3.8, 4) is 17.3 Å². The van der Waals surface area contributed by atoms with E-state index >= 15 is 0 Å². The van der Waals surface area contributed by atoms with Gasteiger partial charge < -0.3 is 24.9 Å². The van der Waals surface area contributed by atoms with Crippen LogP contribution in [0.5, 0.6) is 5.75 Å². The van der Waals surface area contributed by atoms with Gasteiger partial charge in [-0.05, 0) is 18.6 Å². The fourth-order valence-electron chi connectivity index (χ4n) is 2.95. The highest BCUT2D eigenvalue weighted by Crippen LogP contribution is 2.24. The first-order chi connectivity index (χ1) is 13.9. The Morgan fingerprint density at radius 2 is 2.03 bits per heavy atom. The van der Waals surface area contributed by atoms with Gasteiger partial charge in [-0.15, -0.1) is 0 Å². The van der Waals surface area contributed by atoms with Crippen LogP contribution in [0.2, 0.25) is 0 Å². The number of nitrogens with zero attached hydrogens (tertiary/aromatic N) is 3. The van der Waals surface area contributed by atoms with E-state index in [-0.39, 0.29) is 47.2 Å². The van der Waals surface area contributed by atoms with Crippen LogP contribution in [-0.4, -0.2) is 36.5 Å². The number of aromatic carboxylic acids is 1. The summed E-state index contributed by atoms with van der Waals surface area (Å²) in [5.41, 5.74) is 6.35. The molecule has 0 saturated carbocycles. The first-order valence-corrected chi connectivity index (χ1v) is 9.25. The summed E-state index contributed by atoms with van der Waals surface area (Å²) in [5.74, 6) is -0.682. The Bertz CT molecular complexity index is 1020. The molecule has 0 atom stereocenters. The maximum absolute atomic E-state index is 12.7. The Hall–Kier alpha value is -3.62. The zero-order valence-electron chi connectivity index (χ0n) is 16.0. The van der Waals surface area contributed by atoms with Gasteiger partial charge in [-0.1, -0.05) is 13.3 Å². The third kappa shape index (κ3) is 4.45. The average Bonchev–Trinajstić information content (AvgIpc) is 3.29. The molecule has 0 aliphatic carbocycles. The quantitative estimate of drug-likeness (QED) is 0.466. The molecule has 0 aromatic carbocycles. The molecule has 0 saturated heterocycles. The number of aromatic hydroxyl groups is 1. The van der Waals surface area contributed by atoms with Crippen molar-refractivity contribution < 1.29 is 24.2 Å². The lowest BCUT2D eigenvalue weighted by atomic mass is 10.0. The first kappa shape index (κ1) is 20.1. The number of carbonyl (C=O) groups excluding carboxylic acids is 1. The van der Waals surface area contributed by atoms with Crippen molar-refractivity contribution in [2.45, 2.75) is 39.2 Å². The number of anilines is 1. The topological polar surface area (TPSA) is 144 Å². The van der Waals surface area contributed by atoms with Crippen LogP contribution in [0.3, 0.4) is 0 Å². The highest BCUT2D eigenvalue weighted by atomic mass is 16.4. The number of aromatic nitrogens is 3. The molecular weight excluding hydrogens is 376 g/mol. The molecule has 3 rings (SSSR count). The van der Waals surface area contributed by atoms with Gasteiger partial charge in [0.15, 0.2) is 5.78 Å². The van der Waals surface area contributed by atoms with E-state index in [4.69, 9.17) is 10.2 Å². The number of pyridine rings is 1. The van der Waals surface area contributed by atoms with E-state index in [0.29, 0.717) is 18.0 Å². The van der Waals surface area contributed by atoms with Crippen LogP contribution in [0.25, 0.3) is 11.6 Å². The smallest absolute Gasteiger partial charge is 0.340 e.